The maximum atomic E-state index is 14.4. The molecule has 1 fully saturated rings. The number of nitrogens with zero attached hydrogens (tertiary/aromatic N) is 4. The van der Waals surface area contributed by atoms with E-state index in [9.17, 15) is 13.7 Å². The predicted molar refractivity (Wildman–Crippen MR) is 126 cm³/mol. The van der Waals surface area contributed by atoms with Crippen molar-refractivity contribution in [1.82, 2.24) is 9.38 Å². The van der Waals surface area contributed by atoms with Gasteiger partial charge in [0.15, 0.2) is 11.5 Å². The Morgan fingerprint density at radius 2 is 2.23 bits per heavy atom. The molecule has 0 bridgehead atoms. The van der Waals surface area contributed by atoms with Crippen molar-refractivity contribution in [3.8, 4) is 0 Å². The van der Waals surface area contributed by atoms with Crippen LogP contribution in [0.2, 0.25) is 0 Å². The molecule has 0 N–H and O–H groups in total. The molecule has 2 aromatic heterocycles. The van der Waals surface area contributed by atoms with Crippen LogP contribution in [-0.4, -0.2) is 50.2 Å². The maximum absolute atomic E-state index is 14.4. The van der Waals surface area contributed by atoms with Crippen molar-refractivity contribution in [2.75, 3.05) is 24.7 Å². The molecule has 0 amide bonds. The minimum atomic E-state index is -1.54. The van der Waals surface area contributed by atoms with Gasteiger partial charge in [0, 0.05) is 18.3 Å². The molecule has 1 aliphatic heterocycles. The van der Waals surface area contributed by atoms with Gasteiger partial charge in [0.2, 0.25) is 0 Å². The minimum Gasteiger partial charge on any atom is -0.591 e. The average Bonchev–Trinajstić information content (AvgIpc) is 2.69. The summed E-state index contributed by atoms with van der Waals surface area (Å²) in [4.78, 5) is 19.7. The van der Waals surface area contributed by atoms with E-state index >= 15 is 0 Å². The highest BCUT2D eigenvalue weighted by Gasteiger charge is 2.29. The van der Waals surface area contributed by atoms with Gasteiger partial charge in [-0.25, -0.2) is 9.37 Å². The Kier molecular flexibility index (Phi) is 6.90. The van der Waals surface area contributed by atoms with Crippen LogP contribution in [0, 0.1) is 9.39 Å². The summed E-state index contributed by atoms with van der Waals surface area (Å²) >= 11 is 0.404. The number of fused-ring (bicyclic) bond motifs is 1. The number of ether oxygens (including phenoxy) is 1. The Hall–Kier alpha value is -1.50. The number of morpholine rings is 1. The zero-order valence-corrected chi connectivity index (χ0v) is 20.3. The van der Waals surface area contributed by atoms with Gasteiger partial charge >= 0.3 is 0 Å². The SMILES string of the molecule is C=C[C@@H]1COCCN1c1nc2c(C(C)=N[S+]([O-])C(C)(C)C)cc(F)cn2c(=O)c1I. The van der Waals surface area contributed by atoms with E-state index in [1.807, 2.05) is 27.5 Å². The first-order chi connectivity index (χ1) is 14.0. The smallest absolute Gasteiger partial charge is 0.273 e. The van der Waals surface area contributed by atoms with Crippen molar-refractivity contribution < 1.29 is 13.7 Å². The van der Waals surface area contributed by atoms with Crippen molar-refractivity contribution >= 4 is 51.1 Å². The summed E-state index contributed by atoms with van der Waals surface area (Å²) < 4.78 is 37.6. The van der Waals surface area contributed by atoms with Crippen LogP contribution in [-0.2, 0) is 16.1 Å². The lowest BCUT2D eigenvalue weighted by atomic mass is 10.1. The van der Waals surface area contributed by atoms with Gasteiger partial charge in [-0.15, -0.1) is 6.58 Å². The highest BCUT2D eigenvalue weighted by atomic mass is 127. The third-order valence-electron chi connectivity index (χ3n) is 4.66. The van der Waals surface area contributed by atoms with Crippen LogP contribution in [0.25, 0.3) is 5.65 Å². The largest absolute Gasteiger partial charge is 0.591 e. The lowest BCUT2D eigenvalue weighted by Gasteiger charge is -2.35. The topological polar surface area (TPSA) is 82.3 Å². The summed E-state index contributed by atoms with van der Waals surface area (Å²) in [6, 6.07) is 1.13. The number of hydrogen-bond acceptors (Lipinski definition) is 6. The summed E-state index contributed by atoms with van der Waals surface area (Å²) in [5, 5.41) is 0. The van der Waals surface area contributed by atoms with Crippen LogP contribution >= 0.6 is 22.6 Å². The summed E-state index contributed by atoms with van der Waals surface area (Å²) in [6.07, 6.45) is 2.86. The van der Waals surface area contributed by atoms with E-state index in [0.717, 1.165) is 6.20 Å². The number of hydrogen-bond donors (Lipinski definition) is 0. The number of pyridine rings is 1. The van der Waals surface area contributed by atoms with Crippen LogP contribution in [0.5, 0.6) is 0 Å². The predicted octanol–water partition coefficient (Wildman–Crippen LogP) is 3.10. The lowest BCUT2D eigenvalue weighted by molar-refractivity contribution is 0.105. The van der Waals surface area contributed by atoms with Crippen molar-refractivity contribution in [2.24, 2.45) is 4.40 Å². The van der Waals surface area contributed by atoms with Gasteiger partial charge in [-0.2, -0.15) is 0 Å². The molecule has 3 rings (SSSR count). The Balaban J connectivity index is 2.24. The van der Waals surface area contributed by atoms with E-state index in [-0.39, 0.29) is 17.2 Å². The molecule has 162 valence electrons. The third-order valence-corrected chi connectivity index (χ3v) is 7.09. The normalized spacial score (nSPS) is 19.2. The molecule has 0 saturated carbocycles. The molecular formula is C20H24FIN4O3S. The highest BCUT2D eigenvalue weighted by molar-refractivity contribution is 14.1. The minimum absolute atomic E-state index is 0.131. The average molecular weight is 546 g/mol. The van der Waals surface area contributed by atoms with Crippen LogP contribution in [0.1, 0.15) is 33.3 Å². The van der Waals surface area contributed by atoms with Crippen molar-refractivity contribution in [3.63, 3.8) is 0 Å². The summed E-state index contributed by atoms with van der Waals surface area (Å²) in [6.45, 7) is 12.4. The second-order valence-electron chi connectivity index (χ2n) is 7.93. The van der Waals surface area contributed by atoms with Crippen LogP contribution in [0.4, 0.5) is 10.2 Å². The second kappa shape index (κ2) is 8.93. The molecule has 7 nitrogen and oxygen atoms in total. The Morgan fingerprint density at radius 3 is 2.87 bits per heavy atom. The fraction of sp³-hybridized carbons (Fsp3) is 0.450. The van der Waals surface area contributed by atoms with Gasteiger partial charge in [-0.1, -0.05) is 10.5 Å². The highest BCUT2D eigenvalue weighted by Crippen LogP contribution is 2.25. The number of aromatic nitrogens is 2. The quantitative estimate of drug-likeness (QED) is 0.255. The second-order valence-corrected chi connectivity index (χ2v) is 10.9. The van der Waals surface area contributed by atoms with Crippen LogP contribution in [0.15, 0.2) is 34.1 Å². The first-order valence-electron chi connectivity index (χ1n) is 9.40. The van der Waals surface area contributed by atoms with Crippen LogP contribution < -0.4 is 10.5 Å². The number of rotatable bonds is 4. The Morgan fingerprint density at radius 1 is 1.53 bits per heavy atom. The molecule has 0 aromatic carbocycles. The maximum Gasteiger partial charge on any atom is 0.273 e. The van der Waals surface area contributed by atoms with E-state index in [1.165, 1.54) is 10.5 Å². The number of anilines is 1. The summed E-state index contributed by atoms with van der Waals surface area (Å²) in [7, 11) is 0. The Bertz CT molecular complexity index is 1070. The van der Waals surface area contributed by atoms with Gasteiger partial charge in [0.25, 0.3) is 5.56 Å². The fourth-order valence-electron chi connectivity index (χ4n) is 3.02. The molecule has 10 heteroatoms. The molecule has 0 aliphatic carbocycles. The summed E-state index contributed by atoms with van der Waals surface area (Å²) in [5.74, 6) is -0.109. The first-order valence-corrected chi connectivity index (χ1v) is 11.6. The lowest BCUT2D eigenvalue weighted by Crippen LogP contribution is -2.46. The van der Waals surface area contributed by atoms with Crippen molar-refractivity contribution in [1.29, 1.82) is 0 Å². The fourth-order valence-corrected chi connectivity index (χ4v) is 4.33. The molecule has 3 heterocycles. The first kappa shape index (κ1) is 23.2. The molecule has 30 heavy (non-hydrogen) atoms. The van der Waals surface area contributed by atoms with E-state index in [0.29, 0.717) is 40.4 Å². The van der Waals surface area contributed by atoms with E-state index in [4.69, 9.17) is 9.72 Å². The van der Waals surface area contributed by atoms with Gasteiger partial charge in [0.05, 0.1) is 25.0 Å². The standard InChI is InChI=1S/C20H24FIN4O3S/c1-6-14-11-29-8-7-25(14)18-16(22)19(27)26-10-13(21)9-15(17(26)23-18)12(2)24-30(28)20(3,4)5/h6,9-10,14H,1,7-8,11H2,2-5H3/t14-,30?/m1/s1. The monoisotopic (exact) mass is 546 g/mol. The molecule has 2 aromatic rings. The molecule has 1 aliphatic rings. The zero-order chi connectivity index (χ0) is 22.2. The van der Waals surface area contributed by atoms with Crippen molar-refractivity contribution in [3.05, 3.63) is 50.2 Å². The molecule has 1 unspecified atom stereocenters. The van der Waals surface area contributed by atoms with E-state index < -0.39 is 21.9 Å². The third kappa shape index (κ3) is 4.56. The molecule has 1 saturated heterocycles. The Labute approximate surface area is 191 Å². The van der Waals surface area contributed by atoms with Gasteiger partial charge in [0.1, 0.15) is 25.5 Å². The molecule has 0 spiro atoms. The van der Waals surface area contributed by atoms with Gasteiger partial charge in [-0.3, -0.25) is 9.20 Å². The molecular weight excluding hydrogens is 522 g/mol. The van der Waals surface area contributed by atoms with Gasteiger partial charge in [-0.05, 0) is 56.4 Å². The van der Waals surface area contributed by atoms with E-state index in [2.05, 4.69) is 11.0 Å². The molecule has 2 atom stereocenters. The summed E-state index contributed by atoms with van der Waals surface area (Å²) in [5.41, 5.74) is 0.556. The number of halogens is 2. The van der Waals surface area contributed by atoms with E-state index in [1.54, 1.807) is 33.8 Å². The van der Waals surface area contributed by atoms with Crippen molar-refractivity contribution in [2.45, 2.75) is 38.5 Å². The van der Waals surface area contributed by atoms with Crippen LogP contribution in [0.3, 0.4) is 0 Å². The zero-order valence-electron chi connectivity index (χ0n) is 17.3. The molecule has 0 radical (unpaired) electrons. The van der Waals surface area contributed by atoms with Gasteiger partial charge < -0.3 is 14.2 Å².